The summed E-state index contributed by atoms with van der Waals surface area (Å²) in [7, 11) is 0. The lowest BCUT2D eigenvalue weighted by Gasteiger charge is -2.33. The van der Waals surface area contributed by atoms with Gasteiger partial charge in [-0.05, 0) is 51.0 Å². The second-order valence-electron chi connectivity index (χ2n) is 8.12. The third-order valence-electron chi connectivity index (χ3n) is 6.07. The van der Waals surface area contributed by atoms with Gasteiger partial charge in [0.05, 0.1) is 11.8 Å². The third-order valence-corrected chi connectivity index (χ3v) is 6.07. The Labute approximate surface area is 149 Å². The van der Waals surface area contributed by atoms with Crippen LogP contribution in [-0.4, -0.2) is 59.3 Å². The molecule has 0 bridgehead atoms. The van der Waals surface area contributed by atoms with Crippen LogP contribution in [-0.2, 0) is 16.1 Å². The number of hydrogen-bond acceptors (Lipinski definition) is 5. The maximum Gasteiger partial charge on any atom is 0.251 e. The number of hydrogen-bond donors (Lipinski definition) is 0. The smallest absolute Gasteiger partial charge is 0.251 e. The van der Waals surface area contributed by atoms with E-state index in [1.165, 1.54) is 0 Å². The van der Waals surface area contributed by atoms with Gasteiger partial charge in [-0.2, -0.15) is 0 Å². The van der Waals surface area contributed by atoms with Crippen molar-refractivity contribution < 1.29 is 14.1 Å². The van der Waals surface area contributed by atoms with Gasteiger partial charge < -0.3 is 14.2 Å². The lowest BCUT2D eigenvalue weighted by atomic mass is 9.91. The molecule has 0 N–H and O–H groups in total. The molecule has 0 radical (unpaired) electrons. The molecule has 0 aromatic carbocycles. The van der Waals surface area contributed by atoms with E-state index in [0.29, 0.717) is 5.92 Å². The molecule has 3 atom stereocenters. The highest BCUT2D eigenvalue weighted by molar-refractivity contribution is 5.81. The van der Waals surface area contributed by atoms with Crippen molar-refractivity contribution in [3.05, 3.63) is 17.5 Å². The maximum atomic E-state index is 12.8. The van der Waals surface area contributed by atoms with Crippen LogP contribution in [0.3, 0.4) is 0 Å². The van der Waals surface area contributed by atoms with Crippen LogP contribution in [0.1, 0.15) is 44.1 Å². The van der Waals surface area contributed by atoms with Crippen LogP contribution in [0, 0.1) is 18.8 Å². The van der Waals surface area contributed by atoms with Crippen molar-refractivity contribution in [3.8, 4) is 0 Å². The van der Waals surface area contributed by atoms with Crippen molar-refractivity contribution >= 4 is 5.91 Å². The molecule has 138 valence electrons. The number of aryl methyl sites for hydroxylation is 1. The quantitative estimate of drug-likeness (QED) is 0.839. The second kappa shape index (κ2) is 7.08. The van der Waals surface area contributed by atoms with Crippen molar-refractivity contribution in [1.29, 1.82) is 0 Å². The average molecular weight is 347 g/mol. The van der Waals surface area contributed by atoms with Crippen molar-refractivity contribution in [2.45, 2.75) is 58.3 Å². The van der Waals surface area contributed by atoms with Crippen LogP contribution < -0.4 is 0 Å². The second-order valence-corrected chi connectivity index (χ2v) is 8.12. The number of piperidine rings is 2. The van der Waals surface area contributed by atoms with E-state index in [1.807, 2.05) is 17.9 Å². The van der Waals surface area contributed by atoms with Crippen LogP contribution >= 0.6 is 0 Å². The van der Waals surface area contributed by atoms with E-state index in [1.54, 1.807) is 0 Å². The summed E-state index contributed by atoms with van der Waals surface area (Å²) >= 11 is 0. The number of fused-ring (bicyclic) bond motifs is 1. The van der Waals surface area contributed by atoms with Crippen LogP contribution in [0.15, 0.2) is 10.6 Å². The Morgan fingerprint density at radius 3 is 2.80 bits per heavy atom. The molecule has 4 heterocycles. The molecule has 25 heavy (non-hydrogen) atoms. The fourth-order valence-corrected chi connectivity index (χ4v) is 4.45. The van der Waals surface area contributed by atoms with E-state index < -0.39 is 0 Å². The zero-order chi connectivity index (χ0) is 17.4. The topological polar surface area (TPSA) is 58.8 Å². The zero-order valence-corrected chi connectivity index (χ0v) is 15.3. The average Bonchev–Trinajstić information content (AvgIpc) is 3.20. The lowest BCUT2D eigenvalue weighted by molar-refractivity contribution is -0.145. The lowest BCUT2D eigenvalue weighted by Crippen LogP contribution is -2.44. The molecule has 3 aliphatic heterocycles. The number of rotatable bonds is 3. The molecular formula is C19H29N3O3. The Kier molecular flexibility index (Phi) is 4.82. The predicted molar refractivity (Wildman–Crippen MR) is 92.9 cm³/mol. The molecule has 4 rings (SSSR count). The van der Waals surface area contributed by atoms with Gasteiger partial charge >= 0.3 is 0 Å². The van der Waals surface area contributed by atoms with E-state index in [-0.39, 0.29) is 18.1 Å². The summed E-state index contributed by atoms with van der Waals surface area (Å²) in [4.78, 5) is 17.2. The van der Waals surface area contributed by atoms with Crippen molar-refractivity contribution in [2.75, 3.05) is 26.2 Å². The van der Waals surface area contributed by atoms with Crippen molar-refractivity contribution in [3.63, 3.8) is 0 Å². The normalized spacial score (nSPS) is 31.3. The first kappa shape index (κ1) is 17.0. The summed E-state index contributed by atoms with van der Waals surface area (Å²) in [6, 6.07) is 1.99. The maximum absolute atomic E-state index is 12.8. The van der Waals surface area contributed by atoms with Gasteiger partial charge in [0.25, 0.3) is 5.91 Å². The minimum absolute atomic E-state index is 0.180. The molecule has 0 aliphatic carbocycles. The third kappa shape index (κ3) is 3.75. The number of carbonyl (C=O) groups is 1. The van der Waals surface area contributed by atoms with Gasteiger partial charge in [-0.1, -0.05) is 12.1 Å². The van der Waals surface area contributed by atoms with Gasteiger partial charge in [0.15, 0.2) is 0 Å². The first-order chi connectivity index (χ1) is 12.1. The molecule has 0 saturated carbocycles. The number of amides is 1. The number of ether oxygens (including phenoxy) is 1. The standard InChI is InChI=1S/C19H29N3O3/c1-13-3-7-22(8-4-13)19(23)17-10-15-5-6-21(12-18(15)24-17)11-16-9-14(2)25-20-16/h9,13,15,17-18H,3-8,10-12H2,1-2H3/t15-,17-,18+/m0/s1. The predicted octanol–water partition coefficient (Wildman–Crippen LogP) is 2.22. The van der Waals surface area contributed by atoms with E-state index >= 15 is 0 Å². The van der Waals surface area contributed by atoms with Gasteiger partial charge in [0.2, 0.25) is 0 Å². The van der Waals surface area contributed by atoms with Crippen LogP contribution in [0.2, 0.25) is 0 Å². The Balaban J connectivity index is 1.31. The summed E-state index contributed by atoms with van der Waals surface area (Å²) in [6.07, 6.45) is 4.19. The minimum Gasteiger partial charge on any atom is -0.364 e. The van der Waals surface area contributed by atoms with E-state index in [2.05, 4.69) is 17.0 Å². The number of carbonyl (C=O) groups excluding carboxylic acids is 1. The zero-order valence-electron chi connectivity index (χ0n) is 15.3. The van der Waals surface area contributed by atoms with Crippen LogP contribution in [0.5, 0.6) is 0 Å². The van der Waals surface area contributed by atoms with Crippen LogP contribution in [0.25, 0.3) is 0 Å². The highest BCUT2D eigenvalue weighted by atomic mass is 16.5. The Morgan fingerprint density at radius 1 is 1.28 bits per heavy atom. The minimum atomic E-state index is -0.224. The molecule has 6 heteroatoms. The monoisotopic (exact) mass is 347 g/mol. The molecule has 3 saturated heterocycles. The van der Waals surface area contributed by atoms with Gasteiger partial charge in [0.1, 0.15) is 11.9 Å². The fourth-order valence-electron chi connectivity index (χ4n) is 4.45. The largest absolute Gasteiger partial charge is 0.364 e. The van der Waals surface area contributed by atoms with Gasteiger partial charge in [-0.25, -0.2) is 0 Å². The first-order valence-corrected chi connectivity index (χ1v) is 9.67. The summed E-state index contributed by atoms with van der Waals surface area (Å²) in [5, 5.41) is 4.09. The molecular weight excluding hydrogens is 318 g/mol. The molecule has 6 nitrogen and oxygen atoms in total. The Morgan fingerprint density at radius 2 is 2.08 bits per heavy atom. The Bertz CT molecular complexity index is 609. The van der Waals surface area contributed by atoms with Crippen LogP contribution in [0.4, 0.5) is 0 Å². The van der Waals surface area contributed by atoms with Gasteiger partial charge in [0, 0.05) is 32.2 Å². The highest BCUT2D eigenvalue weighted by Gasteiger charge is 2.43. The molecule has 3 aliphatic rings. The first-order valence-electron chi connectivity index (χ1n) is 9.67. The molecule has 0 unspecified atom stereocenters. The SMILES string of the molecule is Cc1cc(CN2CC[C@H]3C[C@@H](C(=O)N4CCC(C)CC4)O[C@@H]3C2)no1. The molecule has 1 amide bonds. The number of aromatic nitrogens is 1. The summed E-state index contributed by atoms with van der Waals surface area (Å²) in [5.41, 5.74) is 0.976. The van der Waals surface area contributed by atoms with Gasteiger partial charge in [-0.15, -0.1) is 0 Å². The molecule has 1 aromatic heterocycles. The molecule has 1 aromatic rings. The number of likely N-dealkylation sites (tertiary alicyclic amines) is 2. The van der Waals surface area contributed by atoms with Crippen molar-refractivity contribution in [1.82, 2.24) is 15.0 Å². The Hall–Kier alpha value is -1.40. The van der Waals surface area contributed by atoms with Gasteiger partial charge in [-0.3, -0.25) is 9.69 Å². The highest BCUT2D eigenvalue weighted by Crippen LogP contribution is 2.35. The van der Waals surface area contributed by atoms with E-state index in [4.69, 9.17) is 9.26 Å². The molecule has 0 spiro atoms. The van der Waals surface area contributed by atoms with Crippen molar-refractivity contribution in [2.24, 2.45) is 11.8 Å². The summed E-state index contributed by atoms with van der Waals surface area (Å²) < 4.78 is 11.4. The van der Waals surface area contributed by atoms with E-state index in [0.717, 1.165) is 75.8 Å². The fraction of sp³-hybridized carbons (Fsp3) is 0.789. The summed E-state index contributed by atoms with van der Waals surface area (Å²) in [5.74, 6) is 2.33. The van der Waals surface area contributed by atoms with E-state index in [9.17, 15) is 4.79 Å². The summed E-state index contributed by atoms with van der Waals surface area (Å²) in [6.45, 7) is 8.70. The molecule has 3 fully saturated rings. The number of nitrogens with zero attached hydrogens (tertiary/aromatic N) is 3.